The number of unbranched alkanes of at least 4 members (excludes halogenated alkanes) is 1. The summed E-state index contributed by atoms with van der Waals surface area (Å²) in [5.74, 6) is 0.313. The Morgan fingerprint density at radius 2 is 2.05 bits per heavy atom. The first kappa shape index (κ1) is 19.1. The molecule has 21 heavy (non-hydrogen) atoms. The maximum Gasteiger partial charge on any atom is 1.00 e. The van der Waals surface area contributed by atoms with Gasteiger partial charge in [0.15, 0.2) is 0 Å². The van der Waals surface area contributed by atoms with Gasteiger partial charge in [-0.3, -0.25) is 4.79 Å². The van der Waals surface area contributed by atoms with Crippen LogP contribution < -0.4 is 18.9 Å². The predicted octanol–water partition coefficient (Wildman–Crippen LogP) is 0.785. The minimum atomic E-state index is -0.397. The van der Waals surface area contributed by atoms with Crippen LogP contribution in [0.25, 0.3) is 0 Å². The summed E-state index contributed by atoms with van der Waals surface area (Å²) in [5, 5.41) is 0. The first-order chi connectivity index (χ1) is 9.20. The van der Waals surface area contributed by atoms with E-state index in [1.165, 1.54) is 0 Å². The van der Waals surface area contributed by atoms with E-state index in [4.69, 9.17) is 4.74 Å². The fraction of sp³-hybridized carbons (Fsp3) is 0.882. The average Bonchev–Trinajstić information content (AvgIpc) is 2.79. The van der Waals surface area contributed by atoms with Crippen molar-refractivity contribution in [2.24, 2.45) is 10.8 Å². The summed E-state index contributed by atoms with van der Waals surface area (Å²) in [6.07, 6.45) is 4.59. The number of hydrogen-bond donors (Lipinski definition) is 0. The summed E-state index contributed by atoms with van der Waals surface area (Å²) in [6.45, 7) is 15.4. The van der Waals surface area contributed by atoms with Gasteiger partial charge in [0.1, 0.15) is 5.72 Å². The van der Waals surface area contributed by atoms with E-state index in [0.29, 0.717) is 12.5 Å². The maximum atomic E-state index is 13.1. The quantitative estimate of drug-likeness (QED) is 0.565. The summed E-state index contributed by atoms with van der Waals surface area (Å²) < 4.78 is 6.10. The van der Waals surface area contributed by atoms with E-state index in [0.717, 1.165) is 32.1 Å². The number of hydrogen-bond acceptors (Lipinski definition) is 2. The zero-order valence-corrected chi connectivity index (χ0v) is 14.8. The smallest absolute Gasteiger partial charge is 0.354 e. The summed E-state index contributed by atoms with van der Waals surface area (Å²) in [7, 11) is 0. The van der Waals surface area contributed by atoms with E-state index >= 15 is 0 Å². The van der Waals surface area contributed by atoms with E-state index in [9.17, 15) is 4.79 Å². The van der Waals surface area contributed by atoms with E-state index in [1.54, 1.807) is 0 Å². The van der Waals surface area contributed by atoms with Gasteiger partial charge in [-0.15, -0.1) is 0 Å². The Balaban J connectivity index is 0.00000220. The molecule has 0 unspecified atom stereocenters. The van der Waals surface area contributed by atoms with Gasteiger partial charge in [0.25, 0.3) is 0 Å². The summed E-state index contributed by atoms with van der Waals surface area (Å²) in [5.41, 5.74) is -0.563. The number of amides is 1. The maximum absolute atomic E-state index is 13.1. The van der Waals surface area contributed by atoms with Crippen molar-refractivity contribution in [3.8, 4) is 0 Å². The summed E-state index contributed by atoms with van der Waals surface area (Å²) in [6, 6.07) is 0.188. The van der Waals surface area contributed by atoms with E-state index in [1.807, 2.05) is 0 Å². The van der Waals surface area contributed by atoms with Crippen LogP contribution in [0.5, 0.6) is 0 Å². The van der Waals surface area contributed by atoms with Gasteiger partial charge >= 0.3 is 18.9 Å². The van der Waals surface area contributed by atoms with Crippen molar-refractivity contribution < 1.29 is 28.4 Å². The molecule has 0 aromatic carbocycles. The van der Waals surface area contributed by atoms with Gasteiger partial charge in [-0.25, -0.2) is 0 Å². The SMILES string of the molecule is [CH2-]CCC[C@]1(CC)C[C@@]2(C)OC[C@H](C(C)(C)C)N2C1=O.[Li+]. The zero-order chi connectivity index (χ0) is 15.2. The molecule has 0 spiro atoms. The van der Waals surface area contributed by atoms with Gasteiger partial charge in [-0.05, 0) is 25.2 Å². The van der Waals surface area contributed by atoms with Gasteiger partial charge in [0.2, 0.25) is 5.91 Å². The van der Waals surface area contributed by atoms with Crippen LogP contribution in [0.2, 0.25) is 0 Å². The van der Waals surface area contributed by atoms with Crippen molar-refractivity contribution in [2.45, 2.75) is 78.5 Å². The van der Waals surface area contributed by atoms with Crippen LogP contribution in [-0.2, 0) is 9.53 Å². The monoisotopic (exact) mass is 287 g/mol. The van der Waals surface area contributed by atoms with Crippen molar-refractivity contribution in [3.63, 3.8) is 0 Å². The van der Waals surface area contributed by atoms with Gasteiger partial charge in [0, 0.05) is 6.42 Å². The van der Waals surface area contributed by atoms with Crippen LogP contribution in [0.15, 0.2) is 0 Å². The Hall–Kier alpha value is 0.0274. The Bertz CT molecular complexity index is 393. The second-order valence-electron chi connectivity index (χ2n) is 7.81. The molecule has 0 bridgehead atoms. The van der Waals surface area contributed by atoms with Gasteiger partial charge in [-0.1, -0.05) is 34.1 Å². The van der Waals surface area contributed by atoms with Crippen LogP contribution in [0, 0.1) is 17.8 Å². The van der Waals surface area contributed by atoms with Crippen LogP contribution >= 0.6 is 0 Å². The third-order valence-corrected chi connectivity index (χ3v) is 5.29. The molecular formula is C17H30LiNO2. The number of nitrogens with zero attached hydrogens (tertiary/aromatic N) is 1. The molecule has 3 nitrogen and oxygen atoms in total. The number of carbonyl (C=O) groups is 1. The van der Waals surface area contributed by atoms with Crippen molar-refractivity contribution in [1.82, 2.24) is 4.90 Å². The fourth-order valence-corrected chi connectivity index (χ4v) is 3.93. The molecule has 3 atom stereocenters. The minimum Gasteiger partial charge on any atom is -0.354 e. The predicted molar refractivity (Wildman–Crippen MR) is 81.0 cm³/mol. The molecule has 0 radical (unpaired) electrons. The number of fused-ring (bicyclic) bond motifs is 1. The Kier molecular flexibility index (Phi) is 5.69. The fourth-order valence-electron chi connectivity index (χ4n) is 3.93. The van der Waals surface area contributed by atoms with E-state index < -0.39 is 5.72 Å². The molecule has 0 saturated carbocycles. The van der Waals surface area contributed by atoms with Gasteiger partial charge in [0.05, 0.1) is 18.1 Å². The summed E-state index contributed by atoms with van der Waals surface area (Å²) in [4.78, 5) is 15.2. The molecule has 2 heterocycles. The molecule has 1 amide bonds. The molecule has 0 N–H and O–H groups in total. The normalized spacial score (nSPS) is 35.8. The van der Waals surface area contributed by atoms with E-state index in [2.05, 4.69) is 46.4 Å². The molecule has 0 aliphatic carbocycles. The summed E-state index contributed by atoms with van der Waals surface area (Å²) >= 11 is 0. The molecule has 2 saturated heterocycles. The molecular weight excluding hydrogens is 257 g/mol. The van der Waals surface area contributed by atoms with Crippen LogP contribution in [0.1, 0.15) is 66.7 Å². The van der Waals surface area contributed by atoms with Crippen molar-refractivity contribution in [3.05, 3.63) is 6.92 Å². The van der Waals surface area contributed by atoms with E-state index in [-0.39, 0.29) is 35.7 Å². The minimum absolute atomic E-state index is 0. The zero-order valence-electron chi connectivity index (χ0n) is 14.8. The first-order valence-corrected chi connectivity index (χ1v) is 7.97. The standard InChI is InChI=1S/C17H30NO2.Li/c1-7-9-10-17(8-2)12-16(6)18(14(17)19)13(11-20-16)15(3,4)5;/h13H,1,7-12H2,2-6H3;/q-1;+1/t13-,16-,17-;/m1./s1. The van der Waals surface area contributed by atoms with Crippen LogP contribution in [0.3, 0.4) is 0 Å². The molecule has 116 valence electrons. The number of rotatable bonds is 4. The molecule has 4 heteroatoms. The Morgan fingerprint density at radius 3 is 2.52 bits per heavy atom. The van der Waals surface area contributed by atoms with Crippen molar-refractivity contribution >= 4 is 5.91 Å². The first-order valence-electron chi connectivity index (χ1n) is 7.97. The molecule has 0 aromatic heterocycles. The molecule has 0 aromatic rings. The second-order valence-corrected chi connectivity index (χ2v) is 7.81. The third kappa shape index (κ3) is 3.07. The van der Waals surface area contributed by atoms with Gasteiger partial charge < -0.3 is 16.6 Å². The molecule has 2 fully saturated rings. The largest absolute Gasteiger partial charge is 1.00 e. The average molecular weight is 287 g/mol. The third-order valence-electron chi connectivity index (χ3n) is 5.29. The van der Waals surface area contributed by atoms with Crippen LogP contribution in [-0.4, -0.2) is 29.2 Å². The molecule has 2 rings (SSSR count). The Labute approximate surface area is 142 Å². The molecule has 2 aliphatic rings. The Morgan fingerprint density at radius 1 is 1.43 bits per heavy atom. The van der Waals surface area contributed by atoms with Gasteiger partial charge in [-0.2, -0.15) is 6.42 Å². The topological polar surface area (TPSA) is 29.5 Å². The second kappa shape index (κ2) is 6.26. The molecule has 2 aliphatic heterocycles. The van der Waals surface area contributed by atoms with Crippen molar-refractivity contribution in [1.29, 1.82) is 0 Å². The van der Waals surface area contributed by atoms with Crippen LogP contribution in [0.4, 0.5) is 0 Å². The number of carbonyl (C=O) groups excluding carboxylic acids is 1. The van der Waals surface area contributed by atoms with Crippen molar-refractivity contribution in [2.75, 3.05) is 6.61 Å². The number of ether oxygens (including phenoxy) is 1.